The van der Waals surface area contributed by atoms with Gasteiger partial charge in [-0.1, -0.05) is 23.8 Å². The fraction of sp³-hybridized carbons (Fsp3) is 0.583. The summed E-state index contributed by atoms with van der Waals surface area (Å²) in [5.41, 5.74) is 1.80. The van der Waals surface area contributed by atoms with Crippen LogP contribution in [0, 0.1) is 23.7 Å². The van der Waals surface area contributed by atoms with Gasteiger partial charge in [-0.05, 0) is 49.3 Å². The molecule has 6 nitrogen and oxygen atoms in total. The highest BCUT2D eigenvalue weighted by molar-refractivity contribution is 6.06. The molecule has 3 heterocycles. The third-order valence-corrected chi connectivity index (χ3v) is 7.55. The number of aliphatic hydroxyl groups is 1. The van der Waals surface area contributed by atoms with Crippen LogP contribution in [0.1, 0.15) is 31.2 Å². The highest BCUT2D eigenvalue weighted by Crippen LogP contribution is 2.56. The molecule has 2 saturated heterocycles. The molecule has 2 aliphatic carbocycles. The molecule has 3 fully saturated rings. The standard InChI is InChI=1S/C24H27F3N2O4/c1-28-22(31)19-17-11-15(5-3-9-30)18(20(19)23(28)32)21(14-7-8-14)29(17)12-13-4-2-6-16(10-13)33-24(25,26)27/h2,4,6,10-11,14,17-21,30H,3,5,7-9,12H2,1H3. The van der Waals surface area contributed by atoms with Gasteiger partial charge in [-0.25, -0.2) is 0 Å². The number of piperidine rings is 1. The lowest BCUT2D eigenvalue weighted by Crippen LogP contribution is -2.63. The van der Waals surface area contributed by atoms with Gasteiger partial charge in [0.2, 0.25) is 11.8 Å². The average Bonchev–Trinajstić information content (AvgIpc) is 3.57. The van der Waals surface area contributed by atoms with Crippen LogP contribution in [0.5, 0.6) is 5.75 Å². The van der Waals surface area contributed by atoms with E-state index in [4.69, 9.17) is 0 Å². The summed E-state index contributed by atoms with van der Waals surface area (Å²) in [6.07, 6.45) is 0.657. The maximum absolute atomic E-state index is 13.1. The molecule has 5 aliphatic rings. The largest absolute Gasteiger partial charge is 0.573 e. The van der Waals surface area contributed by atoms with Gasteiger partial charge < -0.3 is 9.84 Å². The van der Waals surface area contributed by atoms with Crippen LogP contribution in [-0.4, -0.2) is 58.8 Å². The molecule has 6 rings (SSSR count). The maximum atomic E-state index is 13.1. The van der Waals surface area contributed by atoms with E-state index in [0.29, 0.717) is 30.9 Å². The maximum Gasteiger partial charge on any atom is 0.573 e. The number of hydrogen-bond donors (Lipinski definition) is 1. The number of ether oxygens (including phenoxy) is 1. The lowest BCUT2D eigenvalue weighted by atomic mass is 9.61. The summed E-state index contributed by atoms with van der Waals surface area (Å²) in [7, 11) is 1.53. The molecule has 1 N–H and O–H groups in total. The number of carbonyl (C=O) groups is 2. The van der Waals surface area contributed by atoms with Gasteiger partial charge in [-0.2, -0.15) is 0 Å². The van der Waals surface area contributed by atoms with E-state index in [1.54, 1.807) is 6.07 Å². The number of nitrogens with zero attached hydrogens (tertiary/aromatic N) is 2. The first-order valence-corrected chi connectivity index (χ1v) is 11.4. The summed E-state index contributed by atoms with van der Waals surface area (Å²) in [5, 5.41) is 9.37. The number of carbonyl (C=O) groups excluding carboxylic acids is 2. The number of benzene rings is 1. The second-order valence-corrected chi connectivity index (χ2v) is 9.57. The Balaban J connectivity index is 1.50. The summed E-state index contributed by atoms with van der Waals surface area (Å²) >= 11 is 0. The number of aliphatic hydroxyl groups excluding tert-OH is 1. The molecule has 5 atom stereocenters. The first-order chi connectivity index (χ1) is 15.7. The molecule has 0 spiro atoms. The van der Waals surface area contributed by atoms with Crippen LogP contribution in [0.3, 0.4) is 0 Å². The monoisotopic (exact) mass is 464 g/mol. The Morgan fingerprint density at radius 1 is 1.12 bits per heavy atom. The third-order valence-electron chi connectivity index (χ3n) is 7.55. The van der Waals surface area contributed by atoms with Crippen molar-refractivity contribution in [3.8, 4) is 5.75 Å². The Morgan fingerprint density at radius 2 is 1.85 bits per heavy atom. The van der Waals surface area contributed by atoms with Crippen LogP contribution < -0.4 is 4.74 Å². The van der Waals surface area contributed by atoms with Gasteiger partial charge in [0.15, 0.2) is 0 Å². The van der Waals surface area contributed by atoms with Crippen molar-refractivity contribution in [1.82, 2.24) is 9.80 Å². The second-order valence-electron chi connectivity index (χ2n) is 9.57. The van der Waals surface area contributed by atoms with E-state index in [1.165, 1.54) is 30.1 Å². The topological polar surface area (TPSA) is 70.1 Å². The van der Waals surface area contributed by atoms with Crippen molar-refractivity contribution in [2.45, 2.75) is 50.7 Å². The van der Waals surface area contributed by atoms with Crippen molar-refractivity contribution in [3.05, 3.63) is 41.5 Å². The van der Waals surface area contributed by atoms with Crippen LogP contribution in [-0.2, 0) is 16.1 Å². The molecule has 3 aliphatic heterocycles. The molecule has 1 aromatic carbocycles. The highest BCUT2D eigenvalue weighted by Gasteiger charge is 2.64. The Labute approximate surface area is 190 Å². The SMILES string of the molecule is CN1C(=O)C2C(C1=O)C1C=C(CCCO)C2C(C2CC2)N1Cc1cccc(OC(F)(F)F)c1. The molecule has 9 heteroatoms. The lowest BCUT2D eigenvalue weighted by molar-refractivity contribution is -0.274. The number of alkyl halides is 3. The Hall–Kier alpha value is -2.39. The van der Waals surface area contributed by atoms with Gasteiger partial charge in [-0.3, -0.25) is 19.4 Å². The number of fused-ring (bicyclic) bond motifs is 1. The number of halogens is 3. The summed E-state index contributed by atoms with van der Waals surface area (Å²) in [5.74, 6) is -1.20. The molecule has 1 saturated carbocycles. The molecule has 0 aromatic heterocycles. The smallest absolute Gasteiger partial charge is 0.406 e. The van der Waals surface area contributed by atoms with E-state index in [9.17, 15) is 27.9 Å². The van der Waals surface area contributed by atoms with E-state index in [0.717, 1.165) is 18.4 Å². The van der Waals surface area contributed by atoms with Gasteiger partial charge in [0.1, 0.15) is 5.75 Å². The quantitative estimate of drug-likeness (QED) is 0.496. The molecule has 0 radical (unpaired) electrons. The van der Waals surface area contributed by atoms with Gasteiger partial charge >= 0.3 is 6.36 Å². The summed E-state index contributed by atoms with van der Waals surface area (Å²) in [6.45, 7) is 0.426. The van der Waals surface area contributed by atoms with E-state index < -0.39 is 18.2 Å². The van der Waals surface area contributed by atoms with Gasteiger partial charge in [0.05, 0.1) is 11.8 Å². The number of rotatable bonds is 7. The zero-order valence-electron chi connectivity index (χ0n) is 18.3. The summed E-state index contributed by atoms with van der Waals surface area (Å²) in [6, 6.07) is 5.71. The average molecular weight is 464 g/mol. The van der Waals surface area contributed by atoms with E-state index in [2.05, 4.69) is 15.7 Å². The fourth-order valence-corrected chi connectivity index (χ4v) is 6.20. The summed E-state index contributed by atoms with van der Waals surface area (Å²) in [4.78, 5) is 29.6. The first kappa shape index (κ1) is 22.4. The number of imide groups is 1. The van der Waals surface area contributed by atoms with Crippen molar-refractivity contribution in [3.63, 3.8) is 0 Å². The van der Waals surface area contributed by atoms with Crippen molar-refractivity contribution < 1.29 is 32.6 Å². The van der Waals surface area contributed by atoms with Crippen molar-refractivity contribution in [2.75, 3.05) is 13.7 Å². The molecular formula is C24H27F3N2O4. The zero-order valence-corrected chi connectivity index (χ0v) is 18.3. The minimum absolute atomic E-state index is 0.0467. The molecule has 5 unspecified atom stereocenters. The summed E-state index contributed by atoms with van der Waals surface area (Å²) < 4.78 is 42.2. The number of amides is 2. The Bertz CT molecular complexity index is 990. The minimum atomic E-state index is -4.77. The molecule has 33 heavy (non-hydrogen) atoms. The molecule has 2 amide bonds. The zero-order chi connectivity index (χ0) is 23.5. The minimum Gasteiger partial charge on any atom is -0.406 e. The molecular weight excluding hydrogens is 437 g/mol. The predicted octanol–water partition coefficient (Wildman–Crippen LogP) is 3.11. The van der Waals surface area contributed by atoms with Gasteiger partial charge in [0.25, 0.3) is 0 Å². The molecule has 2 bridgehead atoms. The normalized spacial score (nSPS) is 31.7. The predicted molar refractivity (Wildman–Crippen MR) is 112 cm³/mol. The van der Waals surface area contributed by atoms with E-state index in [1.807, 2.05) is 0 Å². The molecule has 1 aromatic rings. The fourth-order valence-electron chi connectivity index (χ4n) is 6.20. The van der Waals surface area contributed by atoms with E-state index >= 15 is 0 Å². The Morgan fingerprint density at radius 3 is 2.52 bits per heavy atom. The molecule has 178 valence electrons. The van der Waals surface area contributed by atoms with Crippen LogP contribution in [0.4, 0.5) is 13.2 Å². The van der Waals surface area contributed by atoms with Gasteiger partial charge in [0, 0.05) is 38.2 Å². The van der Waals surface area contributed by atoms with E-state index in [-0.39, 0.29) is 42.2 Å². The number of likely N-dealkylation sites (tertiary alicyclic amines) is 1. The first-order valence-electron chi connectivity index (χ1n) is 11.4. The Kier molecular flexibility index (Phi) is 5.52. The lowest BCUT2D eigenvalue weighted by Gasteiger charge is -2.55. The third kappa shape index (κ3) is 3.95. The van der Waals surface area contributed by atoms with Crippen molar-refractivity contribution in [2.24, 2.45) is 23.7 Å². The highest BCUT2D eigenvalue weighted by atomic mass is 19.4. The number of hydrogen-bond acceptors (Lipinski definition) is 5. The van der Waals surface area contributed by atoms with Crippen LogP contribution in [0.25, 0.3) is 0 Å². The van der Waals surface area contributed by atoms with Crippen molar-refractivity contribution in [1.29, 1.82) is 0 Å². The second kappa shape index (κ2) is 8.13. The van der Waals surface area contributed by atoms with Crippen molar-refractivity contribution >= 4 is 11.8 Å². The van der Waals surface area contributed by atoms with Crippen LogP contribution in [0.2, 0.25) is 0 Å². The van der Waals surface area contributed by atoms with Gasteiger partial charge in [-0.15, -0.1) is 13.2 Å². The van der Waals surface area contributed by atoms with Crippen LogP contribution in [0.15, 0.2) is 35.9 Å². The van der Waals surface area contributed by atoms with Crippen LogP contribution >= 0.6 is 0 Å².